The number of nitrogens with zero attached hydrogens (tertiary/aromatic N) is 2. The molecule has 6 nitrogen and oxygen atoms in total. The summed E-state index contributed by atoms with van der Waals surface area (Å²) in [6, 6.07) is 13.6. The second-order valence-corrected chi connectivity index (χ2v) is 6.05. The number of hydrogen-bond acceptors (Lipinski definition) is 4. The van der Waals surface area contributed by atoms with Crippen molar-refractivity contribution in [2.45, 2.75) is 13.3 Å². The third kappa shape index (κ3) is 3.97. The van der Waals surface area contributed by atoms with E-state index in [9.17, 15) is 9.59 Å². The summed E-state index contributed by atoms with van der Waals surface area (Å²) in [6.07, 6.45) is 0.941. The molecule has 0 atom stereocenters. The number of hydrogen-bond donors (Lipinski definition) is 2. The van der Waals surface area contributed by atoms with Crippen LogP contribution < -0.4 is 15.9 Å². The molecule has 1 aliphatic rings. The zero-order valence-electron chi connectivity index (χ0n) is 13.6. The van der Waals surface area contributed by atoms with Gasteiger partial charge < -0.3 is 0 Å². The highest BCUT2D eigenvalue weighted by molar-refractivity contribution is 6.33. The molecule has 3 rings (SSSR count). The summed E-state index contributed by atoms with van der Waals surface area (Å²) in [4.78, 5) is 24.2. The molecule has 2 amide bonds. The van der Waals surface area contributed by atoms with E-state index in [1.807, 2.05) is 24.1 Å². The summed E-state index contributed by atoms with van der Waals surface area (Å²) >= 11 is 5.95. The van der Waals surface area contributed by atoms with Crippen LogP contribution in [0.2, 0.25) is 5.02 Å². The molecule has 0 aromatic heterocycles. The second-order valence-electron chi connectivity index (χ2n) is 5.64. The number of amides is 2. The Balaban J connectivity index is 1.60. The normalized spacial score (nSPS) is 13.4. The Morgan fingerprint density at radius 3 is 2.36 bits per heavy atom. The maximum absolute atomic E-state index is 12.2. The summed E-state index contributed by atoms with van der Waals surface area (Å²) in [5.41, 5.74) is 7.48. The maximum Gasteiger partial charge on any atom is 0.271 e. The van der Waals surface area contributed by atoms with E-state index in [4.69, 9.17) is 11.6 Å². The summed E-state index contributed by atoms with van der Waals surface area (Å²) in [5.74, 6) is -0.884. The Morgan fingerprint density at radius 1 is 1.04 bits per heavy atom. The van der Waals surface area contributed by atoms with Crippen molar-refractivity contribution in [1.82, 2.24) is 10.9 Å². The topological polar surface area (TPSA) is 73.8 Å². The van der Waals surface area contributed by atoms with Crippen LogP contribution >= 0.6 is 11.6 Å². The van der Waals surface area contributed by atoms with Crippen LogP contribution in [0, 0.1) is 0 Å². The van der Waals surface area contributed by atoms with Crippen LogP contribution in [-0.4, -0.2) is 24.1 Å². The monoisotopic (exact) mass is 356 g/mol. The number of halogens is 1. The predicted molar refractivity (Wildman–Crippen MR) is 97.9 cm³/mol. The van der Waals surface area contributed by atoms with Crippen molar-refractivity contribution in [3.05, 3.63) is 64.7 Å². The average Bonchev–Trinajstić information content (AvgIpc) is 3.06. The van der Waals surface area contributed by atoms with Crippen LogP contribution in [0.3, 0.4) is 0 Å². The largest absolute Gasteiger partial charge is 0.271 e. The lowest BCUT2D eigenvalue weighted by Gasteiger charge is -2.14. The van der Waals surface area contributed by atoms with Crippen LogP contribution in [0.1, 0.15) is 34.1 Å². The van der Waals surface area contributed by atoms with E-state index in [0.29, 0.717) is 16.1 Å². The van der Waals surface area contributed by atoms with E-state index in [1.54, 1.807) is 36.4 Å². The smallest absolute Gasteiger partial charge is 0.267 e. The van der Waals surface area contributed by atoms with Gasteiger partial charge in [-0.1, -0.05) is 23.7 Å². The van der Waals surface area contributed by atoms with Gasteiger partial charge in [0.2, 0.25) is 0 Å². The summed E-state index contributed by atoms with van der Waals surface area (Å²) < 4.78 is 0. The lowest BCUT2D eigenvalue weighted by molar-refractivity contribution is 0.0847. The minimum atomic E-state index is -0.475. The van der Waals surface area contributed by atoms with Gasteiger partial charge in [0.05, 0.1) is 16.3 Å². The first kappa shape index (κ1) is 17.0. The first-order valence-electron chi connectivity index (χ1n) is 7.81. The second kappa shape index (κ2) is 7.36. The van der Waals surface area contributed by atoms with Crippen molar-refractivity contribution in [2.75, 3.05) is 11.6 Å². The Kier molecular flexibility index (Phi) is 5.00. The Labute approximate surface area is 150 Å². The summed E-state index contributed by atoms with van der Waals surface area (Å²) in [7, 11) is 0. The van der Waals surface area contributed by atoms with Gasteiger partial charge in [-0.3, -0.25) is 25.4 Å². The highest BCUT2D eigenvalue weighted by atomic mass is 35.5. The van der Waals surface area contributed by atoms with Gasteiger partial charge in [-0.25, -0.2) is 0 Å². The molecule has 0 unspecified atom stereocenters. The summed E-state index contributed by atoms with van der Waals surface area (Å²) in [6.45, 7) is 2.83. The molecule has 2 N–H and O–H groups in total. The van der Waals surface area contributed by atoms with E-state index in [-0.39, 0.29) is 0 Å². The van der Waals surface area contributed by atoms with Gasteiger partial charge >= 0.3 is 0 Å². The molecule has 0 radical (unpaired) electrons. The van der Waals surface area contributed by atoms with Gasteiger partial charge in [-0.05, 0) is 43.3 Å². The number of nitrogens with one attached hydrogen (secondary N) is 2. The third-order valence-electron chi connectivity index (χ3n) is 3.81. The number of hydrazone groups is 1. The molecule has 0 spiro atoms. The zero-order chi connectivity index (χ0) is 17.8. The molecule has 0 aliphatic carbocycles. The Bertz CT molecular complexity index is 833. The van der Waals surface area contributed by atoms with E-state index in [0.717, 1.165) is 24.4 Å². The molecule has 128 valence electrons. The maximum atomic E-state index is 12.2. The summed E-state index contributed by atoms with van der Waals surface area (Å²) in [5, 5.41) is 6.63. The lowest BCUT2D eigenvalue weighted by atomic mass is 10.2. The van der Waals surface area contributed by atoms with Crippen molar-refractivity contribution in [2.24, 2.45) is 5.10 Å². The Morgan fingerprint density at radius 2 is 1.72 bits per heavy atom. The van der Waals surface area contributed by atoms with E-state index >= 15 is 0 Å². The minimum Gasteiger partial charge on any atom is -0.267 e. The molecular formula is C18H17ClN4O2. The minimum absolute atomic E-state index is 0.294. The first-order chi connectivity index (χ1) is 12.0. The predicted octanol–water partition coefficient (Wildman–Crippen LogP) is 3.00. The molecule has 1 aliphatic heterocycles. The van der Waals surface area contributed by atoms with Crippen molar-refractivity contribution in [3.8, 4) is 0 Å². The fourth-order valence-electron chi connectivity index (χ4n) is 2.44. The van der Waals surface area contributed by atoms with E-state index in [2.05, 4.69) is 16.0 Å². The van der Waals surface area contributed by atoms with Crippen LogP contribution in [0.5, 0.6) is 0 Å². The highest BCUT2D eigenvalue weighted by Gasteiger charge is 2.14. The third-order valence-corrected chi connectivity index (χ3v) is 4.14. The van der Waals surface area contributed by atoms with Gasteiger partial charge in [0.25, 0.3) is 11.8 Å². The average molecular weight is 357 g/mol. The number of benzene rings is 2. The zero-order valence-corrected chi connectivity index (χ0v) is 14.4. The fourth-order valence-corrected chi connectivity index (χ4v) is 2.67. The molecule has 0 fully saturated rings. The number of anilines is 1. The van der Waals surface area contributed by atoms with Gasteiger partial charge in [0, 0.05) is 24.2 Å². The number of carbonyl (C=O) groups is 2. The number of carbonyl (C=O) groups excluding carboxylic acids is 2. The van der Waals surface area contributed by atoms with Crippen LogP contribution in [0.15, 0.2) is 53.6 Å². The Hall–Kier alpha value is -2.86. The van der Waals surface area contributed by atoms with Crippen LogP contribution in [-0.2, 0) is 0 Å². The first-order valence-corrected chi connectivity index (χ1v) is 8.19. The quantitative estimate of drug-likeness (QED) is 0.830. The highest BCUT2D eigenvalue weighted by Crippen LogP contribution is 2.20. The molecule has 0 saturated carbocycles. The van der Waals surface area contributed by atoms with E-state index in [1.165, 1.54) is 0 Å². The van der Waals surface area contributed by atoms with Crippen molar-refractivity contribution >= 4 is 34.8 Å². The van der Waals surface area contributed by atoms with Crippen molar-refractivity contribution in [1.29, 1.82) is 0 Å². The molecular weight excluding hydrogens is 340 g/mol. The van der Waals surface area contributed by atoms with Gasteiger partial charge in [-0.15, -0.1) is 0 Å². The lowest BCUT2D eigenvalue weighted by Crippen LogP contribution is -2.41. The van der Waals surface area contributed by atoms with Gasteiger partial charge in [0.15, 0.2) is 0 Å². The molecule has 1 heterocycles. The molecule has 2 aromatic carbocycles. The fraction of sp³-hybridized carbons (Fsp3) is 0.167. The van der Waals surface area contributed by atoms with Gasteiger partial charge in [0.1, 0.15) is 0 Å². The van der Waals surface area contributed by atoms with Crippen molar-refractivity contribution < 1.29 is 9.59 Å². The van der Waals surface area contributed by atoms with Crippen LogP contribution in [0.4, 0.5) is 5.69 Å². The van der Waals surface area contributed by atoms with Crippen LogP contribution in [0.25, 0.3) is 0 Å². The SMILES string of the molecule is CC1=NN(c2ccc(C(=O)NNC(=O)c3ccccc3Cl)cc2)CC1. The molecule has 0 bridgehead atoms. The number of rotatable bonds is 3. The van der Waals surface area contributed by atoms with Gasteiger partial charge in [-0.2, -0.15) is 5.10 Å². The molecule has 25 heavy (non-hydrogen) atoms. The molecule has 0 saturated heterocycles. The standard InChI is InChI=1S/C18H17ClN4O2/c1-12-10-11-23(22-12)14-8-6-13(7-9-14)17(24)20-21-18(25)15-4-2-3-5-16(15)19/h2-9H,10-11H2,1H3,(H,20,24)(H,21,25). The molecule has 7 heteroatoms. The number of hydrazine groups is 1. The molecule has 2 aromatic rings. The van der Waals surface area contributed by atoms with E-state index < -0.39 is 11.8 Å². The van der Waals surface area contributed by atoms with Crippen molar-refractivity contribution in [3.63, 3.8) is 0 Å².